The second-order valence-corrected chi connectivity index (χ2v) is 7.30. The van der Waals surface area contributed by atoms with Crippen LogP contribution in [0.1, 0.15) is 32.0 Å². The van der Waals surface area contributed by atoms with Gasteiger partial charge < -0.3 is 14.6 Å². The highest BCUT2D eigenvalue weighted by atomic mass is 19.1. The molecule has 1 amide bonds. The smallest absolute Gasteiger partial charge is 0.265 e. The van der Waals surface area contributed by atoms with E-state index < -0.39 is 23.6 Å². The molecule has 156 valence electrons. The molecule has 0 saturated heterocycles. The molecule has 30 heavy (non-hydrogen) atoms. The van der Waals surface area contributed by atoms with E-state index in [4.69, 9.17) is 4.74 Å². The number of hydrogen-bond acceptors (Lipinski definition) is 4. The van der Waals surface area contributed by atoms with Gasteiger partial charge in [0, 0.05) is 24.6 Å². The molecule has 1 aromatic heterocycles. The van der Waals surface area contributed by atoms with Crippen LogP contribution in [0, 0.1) is 11.6 Å². The Labute approximate surface area is 172 Å². The molecule has 1 atom stereocenters. The fourth-order valence-corrected chi connectivity index (χ4v) is 3.49. The highest BCUT2D eigenvalue weighted by Gasteiger charge is 2.19. The first-order valence-corrected chi connectivity index (χ1v) is 9.96. The lowest BCUT2D eigenvalue weighted by atomic mass is 10.2. The number of anilines is 1. The Morgan fingerprint density at radius 1 is 1.13 bits per heavy atom. The van der Waals surface area contributed by atoms with Gasteiger partial charge in [-0.15, -0.1) is 10.2 Å². The SMILES string of the molecule is C[C@H](Oc1cccc(-c2nnc3n2CCCCC3)c1)C(=O)Nc1cc(F)ccc1F. The van der Waals surface area contributed by atoms with Gasteiger partial charge in [0.25, 0.3) is 5.91 Å². The Morgan fingerprint density at radius 3 is 2.87 bits per heavy atom. The van der Waals surface area contributed by atoms with Crippen molar-refractivity contribution in [3.8, 4) is 17.1 Å². The molecule has 0 spiro atoms. The molecule has 0 bridgehead atoms. The monoisotopic (exact) mass is 412 g/mol. The summed E-state index contributed by atoms with van der Waals surface area (Å²) in [6.07, 6.45) is 3.36. The second kappa shape index (κ2) is 8.61. The van der Waals surface area contributed by atoms with Crippen LogP contribution < -0.4 is 10.1 Å². The van der Waals surface area contributed by atoms with Crippen molar-refractivity contribution < 1.29 is 18.3 Å². The van der Waals surface area contributed by atoms with E-state index in [2.05, 4.69) is 20.1 Å². The van der Waals surface area contributed by atoms with Gasteiger partial charge in [-0.1, -0.05) is 18.6 Å². The van der Waals surface area contributed by atoms with Crippen LogP contribution in [0.2, 0.25) is 0 Å². The molecule has 1 N–H and O–H groups in total. The van der Waals surface area contributed by atoms with E-state index in [0.717, 1.165) is 61.2 Å². The zero-order valence-corrected chi connectivity index (χ0v) is 16.6. The van der Waals surface area contributed by atoms with Crippen LogP contribution in [0.25, 0.3) is 11.4 Å². The molecule has 0 unspecified atom stereocenters. The lowest BCUT2D eigenvalue weighted by Gasteiger charge is -2.16. The molecule has 2 aromatic carbocycles. The van der Waals surface area contributed by atoms with Gasteiger partial charge in [-0.2, -0.15) is 0 Å². The van der Waals surface area contributed by atoms with E-state index in [9.17, 15) is 13.6 Å². The lowest BCUT2D eigenvalue weighted by molar-refractivity contribution is -0.122. The van der Waals surface area contributed by atoms with Crippen molar-refractivity contribution in [2.24, 2.45) is 0 Å². The first-order valence-electron chi connectivity index (χ1n) is 9.96. The Hall–Kier alpha value is -3.29. The van der Waals surface area contributed by atoms with Gasteiger partial charge in [-0.25, -0.2) is 8.78 Å². The zero-order valence-electron chi connectivity index (χ0n) is 16.6. The number of aryl methyl sites for hydroxylation is 1. The minimum atomic E-state index is -0.918. The van der Waals surface area contributed by atoms with Crippen molar-refractivity contribution in [2.75, 3.05) is 5.32 Å². The normalized spacial score (nSPS) is 14.5. The molecule has 2 heterocycles. The Kier molecular flexibility index (Phi) is 5.74. The Balaban J connectivity index is 1.49. The highest BCUT2D eigenvalue weighted by Crippen LogP contribution is 2.26. The summed E-state index contributed by atoms with van der Waals surface area (Å²) in [5, 5.41) is 11.0. The summed E-state index contributed by atoms with van der Waals surface area (Å²) in [6, 6.07) is 10.1. The number of nitrogens with zero attached hydrogens (tertiary/aromatic N) is 3. The first kappa shape index (κ1) is 20.0. The van der Waals surface area contributed by atoms with E-state index in [1.807, 2.05) is 12.1 Å². The van der Waals surface area contributed by atoms with Crippen molar-refractivity contribution in [3.63, 3.8) is 0 Å². The van der Waals surface area contributed by atoms with Gasteiger partial charge in [0.05, 0.1) is 5.69 Å². The molecule has 0 fully saturated rings. The molecular weight excluding hydrogens is 390 g/mol. The predicted molar refractivity (Wildman–Crippen MR) is 108 cm³/mol. The van der Waals surface area contributed by atoms with Crippen molar-refractivity contribution in [1.82, 2.24) is 14.8 Å². The molecule has 4 rings (SSSR count). The van der Waals surface area contributed by atoms with Crippen molar-refractivity contribution in [1.29, 1.82) is 0 Å². The molecular formula is C22H22F2N4O2. The average molecular weight is 412 g/mol. The van der Waals surface area contributed by atoms with Gasteiger partial charge in [0.15, 0.2) is 11.9 Å². The fourth-order valence-electron chi connectivity index (χ4n) is 3.49. The third kappa shape index (κ3) is 4.32. The van der Waals surface area contributed by atoms with E-state index in [-0.39, 0.29) is 5.69 Å². The third-order valence-electron chi connectivity index (χ3n) is 5.07. The molecule has 6 nitrogen and oxygen atoms in total. The molecule has 0 radical (unpaired) electrons. The Morgan fingerprint density at radius 2 is 2.00 bits per heavy atom. The summed E-state index contributed by atoms with van der Waals surface area (Å²) in [6.45, 7) is 2.42. The fraction of sp³-hybridized carbons (Fsp3) is 0.318. The van der Waals surface area contributed by atoms with E-state index in [1.54, 1.807) is 19.1 Å². The summed E-state index contributed by atoms with van der Waals surface area (Å²) >= 11 is 0. The predicted octanol–water partition coefficient (Wildman–Crippen LogP) is 4.36. The molecule has 0 aliphatic carbocycles. The van der Waals surface area contributed by atoms with Crippen LogP contribution in [0.5, 0.6) is 5.75 Å². The van der Waals surface area contributed by atoms with Crippen LogP contribution in [0.3, 0.4) is 0 Å². The number of hydrogen-bond donors (Lipinski definition) is 1. The summed E-state index contributed by atoms with van der Waals surface area (Å²) in [4.78, 5) is 12.4. The molecule has 1 aliphatic rings. The zero-order chi connectivity index (χ0) is 21.1. The van der Waals surface area contributed by atoms with Crippen LogP contribution in [-0.2, 0) is 17.8 Å². The number of amides is 1. The average Bonchev–Trinajstić information content (AvgIpc) is 2.99. The third-order valence-corrected chi connectivity index (χ3v) is 5.07. The topological polar surface area (TPSA) is 69.0 Å². The molecule has 1 aliphatic heterocycles. The number of benzene rings is 2. The number of nitrogens with one attached hydrogen (secondary N) is 1. The maximum atomic E-state index is 13.8. The summed E-state index contributed by atoms with van der Waals surface area (Å²) in [7, 11) is 0. The second-order valence-electron chi connectivity index (χ2n) is 7.30. The van der Waals surface area contributed by atoms with Gasteiger partial charge >= 0.3 is 0 Å². The number of rotatable bonds is 5. The minimum Gasteiger partial charge on any atom is -0.481 e. The van der Waals surface area contributed by atoms with Crippen molar-refractivity contribution in [2.45, 2.75) is 45.3 Å². The first-order chi connectivity index (χ1) is 14.5. The van der Waals surface area contributed by atoms with Crippen LogP contribution in [0.15, 0.2) is 42.5 Å². The number of ether oxygens (including phenoxy) is 1. The number of carbonyl (C=O) groups is 1. The number of halogens is 2. The van der Waals surface area contributed by atoms with Crippen LogP contribution in [0.4, 0.5) is 14.5 Å². The largest absolute Gasteiger partial charge is 0.481 e. The van der Waals surface area contributed by atoms with E-state index in [0.29, 0.717) is 5.75 Å². The standard InChI is InChI=1S/C22H22F2N4O2/c1-14(22(29)25-19-13-16(23)9-10-18(19)24)30-17-7-5-6-15(12-17)21-27-26-20-8-3-2-4-11-28(20)21/h5-7,9-10,12-14H,2-4,8,11H2,1H3,(H,25,29)/t14-/m0/s1. The van der Waals surface area contributed by atoms with E-state index in [1.165, 1.54) is 6.42 Å². The molecule has 8 heteroatoms. The van der Waals surface area contributed by atoms with Crippen molar-refractivity contribution >= 4 is 11.6 Å². The van der Waals surface area contributed by atoms with Gasteiger partial charge in [0.1, 0.15) is 23.2 Å². The van der Waals surface area contributed by atoms with E-state index >= 15 is 0 Å². The highest BCUT2D eigenvalue weighted by molar-refractivity contribution is 5.94. The lowest BCUT2D eigenvalue weighted by Crippen LogP contribution is -2.30. The Bertz CT molecular complexity index is 1070. The quantitative estimate of drug-likeness (QED) is 0.676. The maximum Gasteiger partial charge on any atom is 0.265 e. The maximum absolute atomic E-state index is 13.8. The van der Waals surface area contributed by atoms with Crippen LogP contribution >= 0.6 is 0 Å². The van der Waals surface area contributed by atoms with Crippen LogP contribution in [-0.4, -0.2) is 26.8 Å². The summed E-state index contributed by atoms with van der Waals surface area (Å²) in [5.74, 6) is 0.295. The van der Waals surface area contributed by atoms with Gasteiger partial charge in [-0.05, 0) is 44.0 Å². The summed E-state index contributed by atoms with van der Waals surface area (Å²) in [5.41, 5.74) is 0.618. The minimum absolute atomic E-state index is 0.227. The van der Waals surface area contributed by atoms with Crippen molar-refractivity contribution in [3.05, 3.63) is 59.9 Å². The van der Waals surface area contributed by atoms with Gasteiger partial charge in [-0.3, -0.25) is 4.79 Å². The molecule has 3 aromatic rings. The number of fused-ring (bicyclic) bond motifs is 1. The van der Waals surface area contributed by atoms with Gasteiger partial charge in [0.2, 0.25) is 0 Å². The molecule has 0 saturated carbocycles. The number of aromatic nitrogens is 3. The summed E-state index contributed by atoms with van der Waals surface area (Å²) < 4.78 is 34.9. The number of carbonyl (C=O) groups excluding carboxylic acids is 1.